The van der Waals surface area contributed by atoms with Gasteiger partial charge in [0.15, 0.2) is 0 Å². The number of nitrogens with zero attached hydrogens (tertiary/aromatic N) is 5. The van der Waals surface area contributed by atoms with Crippen molar-refractivity contribution in [2.45, 2.75) is 38.6 Å². The molecule has 1 aromatic heterocycles. The van der Waals surface area contributed by atoms with E-state index >= 15 is 0 Å². The molecular formula is C22H29N5O3S. The summed E-state index contributed by atoms with van der Waals surface area (Å²) in [5, 5.41) is 18.5. The minimum atomic E-state index is -0.397. The van der Waals surface area contributed by atoms with Crippen molar-refractivity contribution in [1.29, 1.82) is 0 Å². The van der Waals surface area contributed by atoms with Gasteiger partial charge in [-0.15, -0.1) is 0 Å². The van der Waals surface area contributed by atoms with Gasteiger partial charge in [0.2, 0.25) is 10.4 Å². The predicted octanol–water partition coefficient (Wildman–Crippen LogP) is 1.76. The molecule has 1 aromatic carbocycles. The fourth-order valence-corrected chi connectivity index (χ4v) is 4.96. The molecular weight excluding hydrogens is 414 g/mol. The average Bonchev–Trinajstić information content (AvgIpc) is 3.50. The summed E-state index contributed by atoms with van der Waals surface area (Å²) in [5.41, 5.74) is 0.633. The van der Waals surface area contributed by atoms with Crippen molar-refractivity contribution in [3.8, 4) is 0 Å². The first kappa shape index (κ1) is 21.8. The number of benzene rings is 1. The number of hydrogen-bond acceptors (Lipinski definition) is 8. The van der Waals surface area contributed by atoms with Gasteiger partial charge in [0.05, 0.1) is 17.9 Å². The van der Waals surface area contributed by atoms with Gasteiger partial charge in [0, 0.05) is 30.4 Å². The average molecular weight is 444 g/mol. The number of aromatic nitrogens is 2. The minimum absolute atomic E-state index is 0.0468. The molecule has 9 heteroatoms. The maximum absolute atomic E-state index is 12.4. The first-order valence-electron chi connectivity index (χ1n) is 11.0. The first-order chi connectivity index (χ1) is 15.1. The third kappa shape index (κ3) is 5.65. The molecule has 1 aliphatic carbocycles. The molecule has 2 heterocycles. The molecule has 2 aromatic rings. The fourth-order valence-electron chi connectivity index (χ4n) is 4.11. The summed E-state index contributed by atoms with van der Waals surface area (Å²) in [4.78, 5) is 20.5. The van der Waals surface area contributed by atoms with Crippen molar-refractivity contribution >= 4 is 28.7 Å². The molecule has 0 N–H and O–H groups in total. The van der Waals surface area contributed by atoms with E-state index in [1.54, 1.807) is 30.0 Å². The number of aliphatic imine (C=N–C) groups is 1. The van der Waals surface area contributed by atoms with Crippen LogP contribution in [0.3, 0.4) is 0 Å². The highest BCUT2D eigenvalue weighted by molar-refractivity contribution is 8.14. The van der Waals surface area contributed by atoms with Gasteiger partial charge in [0.25, 0.3) is 6.20 Å². The summed E-state index contributed by atoms with van der Waals surface area (Å²) >= 11 is 1.13. The zero-order chi connectivity index (χ0) is 21.6. The largest absolute Gasteiger partial charge is 0.861 e. The van der Waals surface area contributed by atoms with Gasteiger partial charge >= 0.3 is 5.88 Å². The van der Waals surface area contributed by atoms with E-state index in [9.17, 15) is 9.90 Å². The van der Waals surface area contributed by atoms with Crippen LogP contribution in [0.15, 0.2) is 46.0 Å². The van der Waals surface area contributed by atoms with Crippen LogP contribution in [-0.2, 0) is 0 Å². The van der Waals surface area contributed by atoms with Crippen molar-refractivity contribution in [2.24, 2.45) is 10.9 Å². The Morgan fingerprint density at radius 3 is 2.68 bits per heavy atom. The Labute approximate surface area is 186 Å². The highest BCUT2D eigenvalue weighted by Crippen LogP contribution is 2.24. The van der Waals surface area contributed by atoms with Crippen LogP contribution in [-0.4, -0.2) is 59.2 Å². The summed E-state index contributed by atoms with van der Waals surface area (Å²) in [6, 6.07) is 9.80. The van der Waals surface area contributed by atoms with E-state index in [-0.39, 0.29) is 16.9 Å². The fraction of sp³-hybridized carbons (Fsp3) is 0.545. The van der Waals surface area contributed by atoms with E-state index in [1.807, 2.05) is 18.2 Å². The normalized spacial score (nSPS) is 19.6. The first-order valence-corrected chi connectivity index (χ1v) is 11.9. The minimum Gasteiger partial charge on any atom is -0.861 e. The Morgan fingerprint density at radius 2 is 1.97 bits per heavy atom. The lowest BCUT2D eigenvalue weighted by molar-refractivity contribution is -0.759. The Kier molecular flexibility index (Phi) is 7.24. The molecule has 1 atom stereocenters. The van der Waals surface area contributed by atoms with Crippen LogP contribution in [0.1, 0.15) is 43.0 Å². The van der Waals surface area contributed by atoms with E-state index < -0.39 is 5.92 Å². The van der Waals surface area contributed by atoms with Gasteiger partial charge < -0.3 is 5.11 Å². The van der Waals surface area contributed by atoms with Gasteiger partial charge in [0.1, 0.15) is 0 Å². The molecule has 8 nitrogen and oxygen atoms in total. The zero-order valence-corrected chi connectivity index (χ0v) is 18.7. The third-order valence-corrected chi connectivity index (χ3v) is 7.15. The highest BCUT2D eigenvalue weighted by Gasteiger charge is 2.30. The Morgan fingerprint density at radius 1 is 1.26 bits per heavy atom. The summed E-state index contributed by atoms with van der Waals surface area (Å²) in [6.45, 7) is 5.54. The molecule has 166 valence electrons. The van der Waals surface area contributed by atoms with Crippen molar-refractivity contribution < 1.29 is 19.2 Å². The second kappa shape index (κ2) is 10.3. The Bertz CT molecular complexity index is 890. The SMILES string of the molecule is C[C@H](CSC(=O)c1ccccc1)C([O-])=Nc1c[n+](N2CCN(C3CCCC3)CC2)no1. The van der Waals surface area contributed by atoms with Gasteiger partial charge in [-0.3, -0.25) is 14.2 Å². The van der Waals surface area contributed by atoms with E-state index in [0.717, 1.165) is 44.0 Å². The van der Waals surface area contributed by atoms with Crippen LogP contribution in [0.2, 0.25) is 0 Å². The summed E-state index contributed by atoms with van der Waals surface area (Å²) in [6.07, 6.45) is 6.97. The van der Waals surface area contributed by atoms with Crippen LogP contribution in [0, 0.1) is 5.92 Å². The highest BCUT2D eigenvalue weighted by atomic mass is 32.2. The van der Waals surface area contributed by atoms with Crippen LogP contribution in [0.5, 0.6) is 0 Å². The number of carbonyl (C=O) groups excluding carboxylic acids is 1. The number of thioether (sulfide) groups is 1. The van der Waals surface area contributed by atoms with Crippen molar-refractivity contribution in [1.82, 2.24) is 10.2 Å². The van der Waals surface area contributed by atoms with Gasteiger partial charge in [-0.05, 0) is 24.7 Å². The molecule has 1 saturated heterocycles. The third-order valence-electron chi connectivity index (χ3n) is 5.98. The van der Waals surface area contributed by atoms with Crippen molar-refractivity contribution in [3.05, 3.63) is 42.1 Å². The van der Waals surface area contributed by atoms with Crippen LogP contribution >= 0.6 is 11.8 Å². The standard InChI is InChI=1S/C22H29N5O3S/c1-17(16-31-22(29)18-7-3-2-4-8-18)21(28)23-20-15-27(24-30-20)26-13-11-25(12-14-26)19-9-5-6-10-19/h2-4,7-8,15,17,19H,5-6,9-14,16H2,1H3/t17-/m1/s1. The molecule has 2 fully saturated rings. The molecule has 0 bridgehead atoms. The summed E-state index contributed by atoms with van der Waals surface area (Å²) < 4.78 is 5.26. The molecule has 0 radical (unpaired) electrons. The molecule has 0 unspecified atom stereocenters. The molecule has 1 saturated carbocycles. The van der Waals surface area contributed by atoms with Gasteiger partial charge in [-0.1, -0.05) is 61.9 Å². The monoisotopic (exact) mass is 443 g/mol. The number of carbonyl (C=O) groups is 1. The zero-order valence-electron chi connectivity index (χ0n) is 17.9. The number of piperazine rings is 1. The van der Waals surface area contributed by atoms with Crippen LogP contribution in [0.4, 0.5) is 5.88 Å². The Balaban J connectivity index is 1.27. The van der Waals surface area contributed by atoms with Crippen LogP contribution in [0.25, 0.3) is 0 Å². The Hall–Kier alpha value is -2.39. The molecule has 2 aliphatic rings. The second-order valence-electron chi connectivity index (χ2n) is 8.20. The van der Waals surface area contributed by atoms with Crippen molar-refractivity contribution in [3.63, 3.8) is 0 Å². The maximum Gasteiger partial charge on any atom is 0.324 e. The molecule has 31 heavy (non-hydrogen) atoms. The van der Waals surface area contributed by atoms with Crippen LogP contribution < -0.4 is 14.9 Å². The smallest absolute Gasteiger partial charge is 0.324 e. The quantitative estimate of drug-likeness (QED) is 0.366. The summed E-state index contributed by atoms with van der Waals surface area (Å²) in [7, 11) is 0. The van der Waals surface area contributed by atoms with E-state index in [0.29, 0.717) is 11.3 Å². The lowest BCUT2D eigenvalue weighted by Gasteiger charge is -2.34. The second-order valence-corrected chi connectivity index (χ2v) is 9.20. The molecule has 0 amide bonds. The summed E-state index contributed by atoms with van der Waals surface area (Å²) in [5.74, 6) is -0.156. The molecule has 4 rings (SSSR count). The lowest BCUT2D eigenvalue weighted by atomic mass is 10.2. The van der Waals surface area contributed by atoms with E-state index in [4.69, 9.17) is 4.52 Å². The van der Waals surface area contributed by atoms with Crippen molar-refractivity contribution in [2.75, 3.05) is 36.9 Å². The van der Waals surface area contributed by atoms with Gasteiger partial charge in [-0.25, -0.2) is 4.99 Å². The number of hydrogen-bond donors (Lipinski definition) is 0. The predicted molar refractivity (Wildman–Crippen MR) is 118 cm³/mol. The van der Waals surface area contributed by atoms with E-state index in [1.165, 1.54) is 25.7 Å². The van der Waals surface area contributed by atoms with Gasteiger partial charge in [-0.2, -0.15) is 5.01 Å². The molecule has 0 spiro atoms. The molecule has 1 aliphatic heterocycles. The number of rotatable bonds is 7. The maximum atomic E-state index is 12.4. The lowest BCUT2D eigenvalue weighted by Crippen LogP contribution is -2.66. The topological polar surface area (TPSA) is 88.9 Å². The van der Waals surface area contributed by atoms with E-state index in [2.05, 4.69) is 20.2 Å².